The van der Waals surface area contributed by atoms with E-state index in [4.69, 9.17) is 4.74 Å². The number of rotatable bonds is 4. The molecule has 6 heteroatoms. The number of aryl methyl sites for hydroxylation is 1. The molecule has 1 atom stereocenters. The first kappa shape index (κ1) is 12.8. The van der Waals surface area contributed by atoms with Gasteiger partial charge in [0.05, 0.1) is 17.6 Å². The molecule has 1 aliphatic rings. The predicted molar refractivity (Wildman–Crippen MR) is 68.9 cm³/mol. The van der Waals surface area contributed by atoms with Crippen LogP contribution in [0.4, 0.5) is 11.4 Å². The van der Waals surface area contributed by atoms with Crippen LogP contribution in [-0.4, -0.2) is 37.3 Å². The summed E-state index contributed by atoms with van der Waals surface area (Å²) >= 11 is 0. The van der Waals surface area contributed by atoms with E-state index in [0.29, 0.717) is 24.4 Å². The van der Waals surface area contributed by atoms with Crippen molar-refractivity contribution in [2.75, 3.05) is 31.6 Å². The van der Waals surface area contributed by atoms with Crippen molar-refractivity contribution in [1.82, 2.24) is 5.32 Å². The van der Waals surface area contributed by atoms with Crippen LogP contribution in [0.3, 0.4) is 0 Å². The fourth-order valence-electron chi connectivity index (χ4n) is 2.02. The van der Waals surface area contributed by atoms with Crippen LogP contribution in [0.25, 0.3) is 0 Å². The maximum Gasteiger partial charge on any atom is 0.295 e. The number of benzene rings is 1. The van der Waals surface area contributed by atoms with Gasteiger partial charge in [-0.1, -0.05) is 12.1 Å². The lowest BCUT2D eigenvalue weighted by molar-refractivity contribution is -0.384. The molecule has 0 aromatic heterocycles. The second kappa shape index (κ2) is 5.79. The molecule has 0 radical (unpaired) electrons. The van der Waals surface area contributed by atoms with Gasteiger partial charge in [-0.2, -0.15) is 0 Å². The van der Waals surface area contributed by atoms with E-state index in [1.807, 2.05) is 6.07 Å². The topological polar surface area (TPSA) is 76.4 Å². The van der Waals surface area contributed by atoms with Crippen LogP contribution < -0.4 is 10.6 Å². The van der Waals surface area contributed by atoms with Crippen molar-refractivity contribution in [1.29, 1.82) is 0 Å². The number of anilines is 1. The lowest BCUT2D eigenvalue weighted by atomic mass is 10.1. The summed E-state index contributed by atoms with van der Waals surface area (Å²) < 4.78 is 5.54. The zero-order chi connectivity index (χ0) is 13.0. The molecule has 1 unspecified atom stereocenters. The Hall–Kier alpha value is -1.66. The minimum absolute atomic E-state index is 0.0545. The van der Waals surface area contributed by atoms with E-state index in [2.05, 4.69) is 10.6 Å². The summed E-state index contributed by atoms with van der Waals surface area (Å²) in [6.07, 6.45) is 0.0545. The van der Waals surface area contributed by atoms with Crippen LogP contribution in [0.15, 0.2) is 18.2 Å². The molecule has 0 aliphatic carbocycles. The van der Waals surface area contributed by atoms with Crippen LogP contribution in [0, 0.1) is 17.0 Å². The Kier molecular flexibility index (Phi) is 4.11. The number of hydrogen-bond donors (Lipinski definition) is 2. The summed E-state index contributed by atoms with van der Waals surface area (Å²) in [5.74, 6) is 0. The SMILES string of the molecule is Cc1cccc(NCC2CNCCO2)c1[N+](=O)[O-]. The highest BCUT2D eigenvalue weighted by molar-refractivity contribution is 5.65. The quantitative estimate of drug-likeness (QED) is 0.623. The number of nitro groups is 1. The third-order valence-corrected chi connectivity index (χ3v) is 2.94. The van der Waals surface area contributed by atoms with Crippen LogP contribution in [0.1, 0.15) is 5.56 Å². The summed E-state index contributed by atoms with van der Waals surface area (Å²) in [5, 5.41) is 17.3. The van der Waals surface area contributed by atoms with Gasteiger partial charge in [0.15, 0.2) is 0 Å². The third-order valence-electron chi connectivity index (χ3n) is 2.94. The van der Waals surface area contributed by atoms with Crippen LogP contribution in [0.2, 0.25) is 0 Å². The standard InChI is InChI=1S/C12H17N3O3/c1-9-3-2-4-11(12(9)15(16)17)14-8-10-7-13-5-6-18-10/h2-4,10,13-14H,5-8H2,1H3. The van der Waals surface area contributed by atoms with Crippen molar-refractivity contribution in [3.05, 3.63) is 33.9 Å². The number of nitro benzene ring substituents is 1. The Morgan fingerprint density at radius 3 is 3.11 bits per heavy atom. The summed E-state index contributed by atoms with van der Waals surface area (Å²) in [7, 11) is 0. The third kappa shape index (κ3) is 2.96. The van der Waals surface area contributed by atoms with Gasteiger partial charge >= 0.3 is 0 Å². The molecule has 0 spiro atoms. The van der Waals surface area contributed by atoms with Gasteiger partial charge < -0.3 is 15.4 Å². The summed E-state index contributed by atoms with van der Waals surface area (Å²) in [5.41, 5.74) is 1.35. The van der Waals surface area contributed by atoms with Gasteiger partial charge in [0.25, 0.3) is 5.69 Å². The molecule has 0 bridgehead atoms. The Balaban J connectivity index is 2.04. The Bertz CT molecular complexity index is 431. The second-order valence-corrected chi connectivity index (χ2v) is 4.31. The number of ether oxygens (including phenoxy) is 1. The average molecular weight is 251 g/mol. The van der Waals surface area contributed by atoms with E-state index in [1.165, 1.54) is 0 Å². The monoisotopic (exact) mass is 251 g/mol. The van der Waals surface area contributed by atoms with Crippen LogP contribution in [-0.2, 0) is 4.74 Å². The molecule has 1 aliphatic heterocycles. The predicted octanol–water partition coefficient (Wildman–Crippen LogP) is 1.30. The smallest absolute Gasteiger partial charge is 0.295 e. The molecule has 0 amide bonds. The molecule has 0 saturated carbocycles. The van der Waals surface area contributed by atoms with Crippen molar-refractivity contribution in [2.24, 2.45) is 0 Å². The highest BCUT2D eigenvalue weighted by atomic mass is 16.6. The fourth-order valence-corrected chi connectivity index (χ4v) is 2.02. The Morgan fingerprint density at radius 1 is 1.61 bits per heavy atom. The minimum atomic E-state index is -0.350. The van der Waals surface area contributed by atoms with Gasteiger partial charge in [-0.25, -0.2) is 0 Å². The van der Waals surface area contributed by atoms with Crippen molar-refractivity contribution in [3.63, 3.8) is 0 Å². The van der Waals surface area contributed by atoms with Crippen molar-refractivity contribution in [2.45, 2.75) is 13.0 Å². The zero-order valence-corrected chi connectivity index (χ0v) is 10.3. The van der Waals surface area contributed by atoms with E-state index >= 15 is 0 Å². The molecule has 18 heavy (non-hydrogen) atoms. The zero-order valence-electron chi connectivity index (χ0n) is 10.3. The fraction of sp³-hybridized carbons (Fsp3) is 0.500. The van der Waals surface area contributed by atoms with Gasteiger partial charge in [-0.15, -0.1) is 0 Å². The van der Waals surface area contributed by atoms with Crippen LogP contribution in [0.5, 0.6) is 0 Å². The van der Waals surface area contributed by atoms with Gasteiger partial charge in [0.2, 0.25) is 0 Å². The lowest BCUT2D eigenvalue weighted by Crippen LogP contribution is -2.42. The molecule has 1 fully saturated rings. The molecule has 1 aromatic rings. The first-order chi connectivity index (χ1) is 8.68. The highest BCUT2D eigenvalue weighted by Gasteiger charge is 2.18. The molecule has 2 rings (SSSR count). The van der Waals surface area contributed by atoms with E-state index in [-0.39, 0.29) is 16.7 Å². The maximum absolute atomic E-state index is 11.0. The van der Waals surface area contributed by atoms with Gasteiger partial charge in [0.1, 0.15) is 5.69 Å². The molecular weight excluding hydrogens is 234 g/mol. The molecule has 2 N–H and O–H groups in total. The number of morpholine rings is 1. The van der Waals surface area contributed by atoms with E-state index < -0.39 is 0 Å². The summed E-state index contributed by atoms with van der Waals surface area (Å²) in [4.78, 5) is 10.7. The van der Waals surface area contributed by atoms with Crippen molar-refractivity contribution in [3.8, 4) is 0 Å². The molecule has 1 saturated heterocycles. The van der Waals surface area contributed by atoms with Crippen LogP contribution >= 0.6 is 0 Å². The Morgan fingerprint density at radius 2 is 2.44 bits per heavy atom. The normalized spacial score (nSPS) is 19.5. The minimum Gasteiger partial charge on any atom is -0.377 e. The van der Waals surface area contributed by atoms with Gasteiger partial charge in [0, 0.05) is 25.2 Å². The molecule has 1 aromatic carbocycles. The number of nitrogens with one attached hydrogen (secondary N) is 2. The summed E-state index contributed by atoms with van der Waals surface area (Å²) in [6, 6.07) is 5.27. The highest BCUT2D eigenvalue weighted by Crippen LogP contribution is 2.27. The first-order valence-electron chi connectivity index (χ1n) is 5.98. The number of hydrogen-bond acceptors (Lipinski definition) is 5. The maximum atomic E-state index is 11.0. The van der Waals surface area contributed by atoms with E-state index in [9.17, 15) is 10.1 Å². The average Bonchev–Trinajstić information content (AvgIpc) is 2.37. The first-order valence-corrected chi connectivity index (χ1v) is 5.98. The van der Waals surface area contributed by atoms with Crippen molar-refractivity contribution < 1.29 is 9.66 Å². The molecular formula is C12H17N3O3. The van der Waals surface area contributed by atoms with E-state index in [0.717, 1.165) is 13.1 Å². The second-order valence-electron chi connectivity index (χ2n) is 4.31. The molecule has 1 heterocycles. The van der Waals surface area contributed by atoms with Crippen molar-refractivity contribution >= 4 is 11.4 Å². The number of para-hydroxylation sites is 1. The summed E-state index contributed by atoms with van der Waals surface area (Å²) in [6.45, 7) is 4.62. The van der Waals surface area contributed by atoms with Gasteiger partial charge in [-0.05, 0) is 13.0 Å². The van der Waals surface area contributed by atoms with E-state index in [1.54, 1.807) is 19.1 Å². The number of nitrogens with zero attached hydrogens (tertiary/aromatic N) is 1. The molecule has 6 nitrogen and oxygen atoms in total. The lowest BCUT2D eigenvalue weighted by Gasteiger charge is -2.24. The molecule has 98 valence electrons. The Labute approximate surface area is 105 Å². The largest absolute Gasteiger partial charge is 0.377 e. The van der Waals surface area contributed by atoms with Gasteiger partial charge in [-0.3, -0.25) is 10.1 Å².